The fraction of sp³-hybridized carbons (Fsp3) is 0.409. The van der Waals surface area contributed by atoms with Crippen molar-refractivity contribution < 1.29 is 13.2 Å². The van der Waals surface area contributed by atoms with Crippen molar-refractivity contribution in [1.82, 2.24) is 9.62 Å². The topological polar surface area (TPSA) is 66.5 Å². The van der Waals surface area contributed by atoms with Crippen LogP contribution in [-0.2, 0) is 14.8 Å². The number of sulfonamides is 1. The van der Waals surface area contributed by atoms with Crippen molar-refractivity contribution in [2.24, 2.45) is 11.8 Å². The number of rotatable bonds is 5. The van der Waals surface area contributed by atoms with Gasteiger partial charge in [-0.2, -0.15) is 4.31 Å². The molecule has 0 bridgehead atoms. The predicted octanol–water partition coefficient (Wildman–Crippen LogP) is 2.92. The van der Waals surface area contributed by atoms with Gasteiger partial charge in [-0.15, -0.1) is 0 Å². The summed E-state index contributed by atoms with van der Waals surface area (Å²) in [4.78, 5) is 13.0. The molecule has 1 saturated heterocycles. The van der Waals surface area contributed by atoms with E-state index in [1.807, 2.05) is 56.3 Å². The molecule has 0 spiro atoms. The van der Waals surface area contributed by atoms with Gasteiger partial charge in [0.1, 0.15) is 0 Å². The summed E-state index contributed by atoms with van der Waals surface area (Å²) in [7, 11) is -3.47. The van der Waals surface area contributed by atoms with Gasteiger partial charge in [-0.25, -0.2) is 8.42 Å². The summed E-state index contributed by atoms with van der Waals surface area (Å²) < 4.78 is 27.4. The van der Waals surface area contributed by atoms with Gasteiger partial charge in [0.15, 0.2) is 0 Å². The second kappa shape index (κ2) is 7.33. The number of carbonyl (C=O) groups excluding carboxylic acids is 1. The predicted molar refractivity (Wildman–Crippen MR) is 108 cm³/mol. The molecule has 4 rings (SSSR count). The monoisotopic (exact) mass is 398 g/mol. The molecule has 1 saturated carbocycles. The van der Waals surface area contributed by atoms with Crippen molar-refractivity contribution in [3.05, 3.63) is 65.7 Å². The normalized spacial score (nSPS) is 25.6. The molecule has 1 heterocycles. The number of hydrogen-bond acceptors (Lipinski definition) is 3. The number of nitrogens with zero attached hydrogens (tertiary/aromatic N) is 1. The average Bonchev–Trinajstić information content (AvgIpc) is 3.04. The zero-order valence-electron chi connectivity index (χ0n) is 16.2. The highest BCUT2D eigenvalue weighted by Crippen LogP contribution is 2.43. The molecule has 0 unspecified atom stereocenters. The van der Waals surface area contributed by atoms with Crippen LogP contribution in [0.4, 0.5) is 0 Å². The highest BCUT2D eigenvalue weighted by atomic mass is 32.2. The number of hydrogen-bond donors (Lipinski definition) is 1. The van der Waals surface area contributed by atoms with Crippen molar-refractivity contribution in [3.8, 4) is 0 Å². The number of fused-ring (bicyclic) bond motifs is 1. The lowest BCUT2D eigenvalue weighted by Crippen LogP contribution is -2.52. The molecule has 28 heavy (non-hydrogen) atoms. The first-order valence-electron chi connectivity index (χ1n) is 9.78. The third kappa shape index (κ3) is 3.47. The Bertz CT molecular complexity index is 957. The second-order valence-corrected chi connectivity index (χ2v) is 9.98. The third-order valence-corrected chi connectivity index (χ3v) is 8.06. The van der Waals surface area contributed by atoms with Crippen molar-refractivity contribution in [1.29, 1.82) is 0 Å². The minimum atomic E-state index is -3.47. The van der Waals surface area contributed by atoms with E-state index in [0.717, 1.165) is 17.5 Å². The van der Waals surface area contributed by atoms with Crippen LogP contribution in [0.15, 0.2) is 59.5 Å². The van der Waals surface area contributed by atoms with Gasteiger partial charge in [0.25, 0.3) is 0 Å². The van der Waals surface area contributed by atoms with Crippen LogP contribution < -0.4 is 5.32 Å². The second-order valence-electron chi connectivity index (χ2n) is 8.04. The summed E-state index contributed by atoms with van der Waals surface area (Å²) in [5.74, 6) is 0.327. The van der Waals surface area contributed by atoms with E-state index in [0.29, 0.717) is 23.9 Å². The molecule has 0 aromatic heterocycles. The van der Waals surface area contributed by atoms with Crippen molar-refractivity contribution in [3.63, 3.8) is 0 Å². The molecule has 2 aromatic rings. The Morgan fingerprint density at radius 2 is 1.75 bits per heavy atom. The van der Waals surface area contributed by atoms with Crippen molar-refractivity contribution in [2.45, 2.75) is 37.1 Å². The average molecular weight is 399 g/mol. The van der Waals surface area contributed by atoms with E-state index in [2.05, 4.69) is 5.32 Å². The largest absolute Gasteiger partial charge is 0.352 e. The lowest BCUT2D eigenvalue weighted by Gasteiger charge is -2.40. The molecule has 4 atom stereocenters. The molecule has 1 N–H and O–H groups in total. The van der Waals surface area contributed by atoms with E-state index in [1.165, 1.54) is 0 Å². The van der Waals surface area contributed by atoms with Crippen LogP contribution >= 0.6 is 0 Å². The molecule has 1 aliphatic heterocycles. The van der Waals surface area contributed by atoms with Crippen molar-refractivity contribution in [2.75, 3.05) is 13.1 Å². The molecule has 148 valence electrons. The summed E-state index contributed by atoms with van der Waals surface area (Å²) >= 11 is 0. The first-order chi connectivity index (χ1) is 13.4. The Balaban J connectivity index is 1.39. The molecule has 1 amide bonds. The van der Waals surface area contributed by atoms with Crippen LogP contribution in [-0.4, -0.2) is 37.8 Å². The fourth-order valence-corrected chi connectivity index (χ4v) is 5.82. The molecule has 2 aromatic carbocycles. The van der Waals surface area contributed by atoms with Crippen LogP contribution in [0.1, 0.15) is 30.4 Å². The minimum absolute atomic E-state index is 0.00879. The third-order valence-electron chi connectivity index (χ3n) is 6.21. The van der Waals surface area contributed by atoms with Gasteiger partial charge >= 0.3 is 0 Å². The standard InChI is InChI=1S/C22H26N2O3S/c1-15-8-10-19(11-9-15)28(26,27)24-13-18-12-21(20(18)14-24)23-22(25)16(2)17-6-4-3-5-7-17/h3-11,16,18,20-21H,12-14H2,1-2H3,(H,23,25)/t16-,18-,20+,21+/m1/s1. The molecule has 5 nitrogen and oxygen atoms in total. The fourth-order valence-electron chi connectivity index (χ4n) is 4.29. The van der Waals surface area contributed by atoms with Gasteiger partial charge in [-0.05, 0) is 49.8 Å². The van der Waals surface area contributed by atoms with E-state index in [-0.39, 0.29) is 23.8 Å². The number of carbonyl (C=O) groups is 1. The lowest BCUT2D eigenvalue weighted by molar-refractivity contribution is -0.124. The van der Waals surface area contributed by atoms with E-state index in [9.17, 15) is 13.2 Å². The molecular weight excluding hydrogens is 372 g/mol. The van der Waals surface area contributed by atoms with Crippen LogP contribution in [0.2, 0.25) is 0 Å². The maximum atomic E-state index is 12.9. The summed E-state index contributed by atoms with van der Waals surface area (Å²) in [6.45, 7) is 4.87. The summed E-state index contributed by atoms with van der Waals surface area (Å²) in [6.07, 6.45) is 0.845. The highest BCUT2D eigenvalue weighted by molar-refractivity contribution is 7.89. The molecule has 0 radical (unpaired) electrons. The number of benzene rings is 2. The number of aryl methyl sites for hydroxylation is 1. The van der Waals surface area contributed by atoms with Crippen LogP contribution in [0.5, 0.6) is 0 Å². The Hall–Kier alpha value is -2.18. The Morgan fingerprint density at radius 1 is 1.07 bits per heavy atom. The van der Waals surface area contributed by atoms with E-state index >= 15 is 0 Å². The van der Waals surface area contributed by atoms with Crippen LogP contribution in [0.3, 0.4) is 0 Å². The Kier molecular flexibility index (Phi) is 5.02. The van der Waals surface area contributed by atoms with E-state index in [1.54, 1.807) is 16.4 Å². The zero-order valence-corrected chi connectivity index (χ0v) is 17.0. The first kappa shape index (κ1) is 19.2. The Morgan fingerprint density at radius 3 is 2.43 bits per heavy atom. The van der Waals surface area contributed by atoms with Crippen LogP contribution in [0, 0.1) is 18.8 Å². The quantitative estimate of drug-likeness (QED) is 0.842. The zero-order chi connectivity index (χ0) is 19.9. The van der Waals surface area contributed by atoms with Gasteiger partial charge in [0.2, 0.25) is 15.9 Å². The van der Waals surface area contributed by atoms with Crippen LogP contribution in [0.25, 0.3) is 0 Å². The molecular formula is C22H26N2O3S. The van der Waals surface area contributed by atoms with Gasteiger partial charge in [-0.3, -0.25) is 4.79 Å². The maximum Gasteiger partial charge on any atom is 0.243 e. The molecule has 1 aliphatic carbocycles. The highest BCUT2D eigenvalue weighted by Gasteiger charge is 2.50. The number of nitrogens with one attached hydrogen (secondary N) is 1. The SMILES string of the molecule is Cc1ccc(S(=O)(=O)N2C[C@H]3C[C@H](NC(=O)[C@H](C)c4ccccc4)[C@H]3C2)cc1. The smallest absolute Gasteiger partial charge is 0.243 e. The first-order valence-corrected chi connectivity index (χ1v) is 11.2. The summed E-state index contributed by atoms with van der Waals surface area (Å²) in [5, 5.41) is 3.14. The van der Waals surface area contributed by atoms with Gasteiger partial charge in [0.05, 0.1) is 10.8 Å². The molecule has 6 heteroatoms. The minimum Gasteiger partial charge on any atom is -0.352 e. The van der Waals surface area contributed by atoms with Gasteiger partial charge in [-0.1, -0.05) is 48.0 Å². The van der Waals surface area contributed by atoms with Gasteiger partial charge < -0.3 is 5.32 Å². The number of amides is 1. The lowest BCUT2D eigenvalue weighted by atomic mass is 9.71. The molecule has 2 fully saturated rings. The Labute approximate surface area is 166 Å². The van der Waals surface area contributed by atoms with Crippen molar-refractivity contribution >= 4 is 15.9 Å². The van der Waals surface area contributed by atoms with Gasteiger partial charge in [0, 0.05) is 19.1 Å². The summed E-state index contributed by atoms with van der Waals surface area (Å²) in [5.41, 5.74) is 2.03. The van der Waals surface area contributed by atoms with E-state index < -0.39 is 10.0 Å². The van der Waals surface area contributed by atoms with E-state index in [4.69, 9.17) is 0 Å². The summed E-state index contributed by atoms with van der Waals surface area (Å²) in [6, 6.07) is 16.8. The molecule has 2 aliphatic rings. The maximum absolute atomic E-state index is 12.9.